The van der Waals surface area contributed by atoms with Crippen LogP contribution in [0.15, 0.2) is 17.0 Å². The maximum absolute atomic E-state index is 13.7. The summed E-state index contributed by atoms with van der Waals surface area (Å²) in [6.45, 7) is 6.83. The molecule has 0 amide bonds. The molecule has 4 nitrogen and oxygen atoms in total. The zero-order valence-electron chi connectivity index (χ0n) is 12.8. The molecule has 1 aromatic carbocycles. The van der Waals surface area contributed by atoms with Crippen molar-refractivity contribution in [2.75, 3.05) is 18.8 Å². The number of anilines is 1. The summed E-state index contributed by atoms with van der Waals surface area (Å²) < 4.78 is 40.3. The molecule has 6 heteroatoms. The third-order valence-electron chi connectivity index (χ3n) is 4.44. The van der Waals surface area contributed by atoms with Crippen LogP contribution in [0.3, 0.4) is 0 Å². The quantitative estimate of drug-likeness (QED) is 0.873. The van der Waals surface area contributed by atoms with E-state index in [4.69, 9.17) is 5.73 Å². The number of piperidine rings is 1. The van der Waals surface area contributed by atoms with Gasteiger partial charge in [-0.15, -0.1) is 0 Å². The molecule has 1 aromatic rings. The fourth-order valence-electron chi connectivity index (χ4n) is 2.76. The Hall–Kier alpha value is -1.14. The molecule has 21 heavy (non-hydrogen) atoms. The molecule has 0 unspecified atom stereocenters. The van der Waals surface area contributed by atoms with E-state index in [-0.39, 0.29) is 16.1 Å². The Morgan fingerprint density at radius 3 is 2.33 bits per heavy atom. The van der Waals surface area contributed by atoms with Crippen LogP contribution in [-0.4, -0.2) is 25.8 Å². The second kappa shape index (κ2) is 5.93. The average Bonchev–Trinajstić information content (AvgIpc) is 2.44. The topological polar surface area (TPSA) is 63.4 Å². The summed E-state index contributed by atoms with van der Waals surface area (Å²) in [6, 6.07) is 2.41. The molecule has 0 aliphatic carbocycles. The maximum atomic E-state index is 13.7. The van der Waals surface area contributed by atoms with Crippen LogP contribution < -0.4 is 5.73 Å². The van der Waals surface area contributed by atoms with E-state index in [1.165, 1.54) is 17.3 Å². The molecule has 0 atom stereocenters. The summed E-state index contributed by atoms with van der Waals surface area (Å²) in [4.78, 5) is -0.0499. The number of sulfonamides is 1. The van der Waals surface area contributed by atoms with E-state index in [0.717, 1.165) is 18.9 Å². The van der Waals surface area contributed by atoms with Gasteiger partial charge in [0.15, 0.2) is 0 Å². The Bertz CT molecular complexity index is 598. The molecule has 0 aromatic heterocycles. The van der Waals surface area contributed by atoms with Crippen molar-refractivity contribution in [2.45, 2.75) is 38.5 Å². The Morgan fingerprint density at radius 2 is 1.86 bits per heavy atom. The Balaban J connectivity index is 2.24. The zero-order chi connectivity index (χ0) is 15.8. The first-order valence-electron chi connectivity index (χ1n) is 7.29. The highest BCUT2D eigenvalue weighted by Gasteiger charge is 2.31. The van der Waals surface area contributed by atoms with Gasteiger partial charge in [-0.3, -0.25) is 0 Å². The Morgan fingerprint density at radius 1 is 1.29 bits per heavy atom. The standard InChI is InChI=1S/C15H23FN2O2S/c1-10(2)12-4-6-18(7-5-12)21(19,20)13-8-14(16)11(3)15(17)9-13/h8-10,12H,4-7,17H2,1-3H3. The van der Waals surface area contributed by atoms with Gasteiger partial charge in [-0.25, -0.2) is 12.8 Å². The van der Waals surface area contributed by atoms with Crippen LogP contribution in [-0.2, 0) is 10.0 Å². The van der Waals surface area contributed by atoms with Crippen molar-refractivity contribution in [2.24, 2.45) is 11.8 Å². The number of rotatable bonds is 3. The van der Waals surface area contributed by atoms with Crippen molar-refractivity contribution >= 4 is 15.7 Å². The molecule has 2 rings (SSSR count). The minimum atomic E-state index is -3.66. The normalized spacial score (nSPS) is 18.3. The van der Waals surface area contributed by atoms with Crippen molar-refractivity contribution in [1.29, 1.82) is 0 Å². The molecule has 0 spiro atoms. The lowest BCUT2D eigenvalue weighted by molar-refractivity contribution is 0.226. The summed E-state index contributed by atoms with van der Waals surface area (Å²) in [5, 5.41) is 0. The number of nitrogen functional groups attached to an aromatic ring is 1. The molecule has 1 aliphatic rings. The van der Waals surface area contributed by atoms with Crippen LogP contribution in [0.2, 0.25) is 0 Å². The molecule has 0 radical (unpaired) electrons. The van der Waals surface area contributed by atoms with Crippen molar-refractivity contribution < 1.29 is 12.8 Å². The average molecular weight is 314 g/mol. The number of hydrogen-bond donors (Lipinski definition) is 1. The van der Waals surface area contributed by atoms with E-state index in [2.05, 4.69) is 13.8 Å². The minimum absolute atomic E-state index is 0.0499. The first-order chi connectivity index (χ1) is 9.73. The third-order valence-corrected chi connectivity index (χ3v) is 6.31. The second-order valence-electron chi connectivity index (χ2n) is 6.10. The van der Waals surface area contributed by atoms with Gasteiger partial charge in [0.05, 0.1) is 4.90 Å². The van der Waals surface area contributed by atoms with Crippen LogP contribution >= 0.6 is 0 Å². The van der Waals surface area contributed by atoms with E-state index in [1.54, 1.807) is 0 Å². The lowest BCUT2D eigenvalue weighted by Crippen LogP contribution is -2.39. The fraction of sp³-hybridized carbons (Fsp3) is 0.600. The molecule has 2 N–H and O–H groups in total. The molecule has 118 valence electrons. The zero-order valence-corrected chi connectivity index (χ0v) is 13.6. The summed E-state index contributed by atoms with van der Waals surface area (Å²) in [5.74, 6) is 0.532. The van der Waals surface area contributed by atoms with Gasteiger partial charge in [-0.05, 0) is 43.7 Å². The van der Waals surface area contributed by atoms with E-state index < -0.39 is 15.8 Å². The summed E-state index contributed by atoms with van der Waals surface area (Å²) in [7, 11) is -3.66. The van der Waals surface area contributed by atoms with Gasteiger partial charge in [0.2, 0.25) is 10.0 Å². The maximum Gasteiger partial charge on any atom is 0.243 e. The molecule has 1 aliphatic heterocycles. The predicted molar refractivity (Wildman–Crippen MR) is 81.9 cm³/mol. The van der Waals surface area contributed by atoms with E-state index in [0.29, 0.717) is 24.9 Å². The van der Waals surface area contributed by atoms with E-state index in [1.807, 2.05) is 0 Å². The van der Waals surface area contributed by atoms with Crippen LogP contribution in [0.4, 0.5) is 10.1 Å². The molecular formula is C15H23FN2O2S. The predicted octanol–water partition coefficient (Wildman–Crippen LogP) is 2.77. The lowest BCUT2D eigenvalue weighted by atomic mass is 9.87. The monoisotopic (exact) mass is 314 g/mol. The first-order valence-corrected chi connectivity index (χ1v) is 8.73. The van der Waals surface area contributed by atoms with Gasteiger partial charge in [0.25, 0.3) is 0 Å². The SMILES string of the molecule is Cc1c(N)cc(S(=O)(=O)N2CCC(C(C)C)CC2)cc1F. The van der Waals surface area contributed by atoms with E-state index in [9.17, 15) is 12.8 Å². The van der Waals surface area contributed by atoms with Crippen LogP contribution in [0, 0.1) is 24.6 Å². The Kier molecular flexibility index (Phi) is 4.58. The Labute approximate surface area is 126 Å². The van der Waals surface area contributed by atoms with Crippen molar-refractivity contribution in [1.82, 2.24) is 4.31 Å². The van der Waals surface area contributed by atoms with E-state index >= 15 is 0 Å². The van der Waals surface area contributed by atoms with Crippen molar-refractivity contribution in [3.8, 4) is 0 Å². The molecule has 1 saturated heterocycles. The minimum Gasteiger partial charge on any atom is -0.398 e. The second-order valence-corrected chi connectivity index (χ2v) is 8.04. The number of halogens is 1. The van der Waals surface area contributed by atoms with Crippen LogP contribution in [0.1, 0.15) is 32.3 Å². The third kappa shape index (κ3) is 3.21. The number of hydrogen-bond acceptors (Lipinski definition) is 3. The van der Waals surface area contributed by atoms with Gasteiger partial charge in [-0.2, -0.15) is 4.31 Å². The molecule has 0 bridgehead atoms. The van der Waals surface area contributed by atoms with Crippen molar-refractivity contribution in [3.05, 3.63) is 23.5 Å². The van der Waals surface area contributed by atoms with Gasteiger partial charge in [0, 0.05) is 24.3 Å². The van der Waals surface area contributed by atoms with Crippen LogP contribution in [0.25, 0.3) is 0 Å². The largest absolute Gasteiger partial charge is 0.398 e. The summed E-state index contributed by atoms with van der Waals surface area (Å²) >= 11 is 0. The molecule has 1 fully saturated rings. The summed E-state index contributed by atoms with van der Waals surface area (Å²) in [5.41, 5.74) is 6.14. The number of nitrogens with two attached hydrogens (primary N) is 1. The fourth-order valence-corrected chi connectivity index (χ4v) is 4.27. The molecular weight excluding hydrogens is 291 g/mol. The molecule has 1 heterocycles. The lowest BCUT2D eigenvalue weighted by Gasteiger charge is -2.33. The van der Waals surface area contributed by atoms with Gasteiger partial charge in [-0.1, -0.05) is 13.8 Å². The highest BCUT2D eigenvalue weighted by molar-refractivity contribution is 7.89. The first kappa shape index (κ1) is 16.2. The number of nitrogens with zero attached hydrogens (tertiary/aromatic N) is 1. The van der Waals surface area contributed by atoms with Gasteiger partial charge < -0.3 is 5.73 Å². The highest BCUT2D eigenvalue weighted by atomic mass is 32.2. The van der Waals surface area contributed by atoms with Crippen LogP contribution in [0.5, 0.6) is 0 Å². The summed E-state index contributed by atoms with van der Waals surface area (Å²) in [6.07, 6.45) is 1.70. The number of benzene rings is 1. The highest BCUT2D eigenvalue weighted by Crippen LogP contribution is 2.29. The van der Waals surface area contributed by atoms with Gasteiger partial charge >= 0.3 is 0 Å². The van der Waals surface area contributed by atoms with Crippen molar-refractivity contribution in [3.63, 3.8) is 0 Å². The molecule has 0 saturated carbocycles. The smallest absolute Gasteiger partial charge is 0.243 e. The van der Waals surface area contributed by atoms with Gasteiger partial charge in [0.1, 0.15) is 5.82 Å².